The predicted molar refractivity (Wildman–Crippen MR) is 128 cm³/mol. The Morgan fingerprint density at radius 2 is 1.62 bits per heavy atom. The third-order valence-electron chi connectivity index (χ3n) is 4.72. The average molecular weight is 573 g/mol. The van der Waals surface area contributed by atoms with Gasteiger partial charge < -0.3 is 18.6 Å². The molecular formula is C21H28F4N4O6S2. The lowest BCUT2D eigenvalue weighted by atomic mass is 10.1. The number of halogens is 4. The number of rotatable bonds is 4. The van der Waals surface area contributed by atoms with Crippen LogP contribution in [0.3, 0.4) is 0 Å². The van der Waals surface area contributed by atoms with Crippen LogP contribution in [0, 0.1) is 12.7 Å². The Kier molecular flexibility index (Phi) is 9.79. The van der Waals surface area contributed by atoms with E-state index in [1.54, 1.807) is 4.90 Å². The van der Waals surface area contributed by atoms with Crippen LogP contribution in [0.15, 0.2) is 5.16 Å². The zero-order chi connectivity index (χ0) is 28.2. The van der Waals surface area contributed by atoms with Crippen molar-refractivity contribution >= 4 is 38.9 Å². The summed E-state index contributed by atoms with van der Waals surface area (Å²) in [6.07, 6.45) is 4.76. The van der Waals surface area contributed by atoms with Crippen molar-refractivity contribution in [3.63, 3.8) is 0 Å². The van der Waals surface area contributed by atoms with Crippen LogP contribution in [0.5, 0.6) is 11.8 Å². The van der Waals surface area contributed by atoms with E-state index in [0.29, 0.717) is 0 Å². The number of piperidine rings is 1. The highest BCUT2D eigenvalue weighted by Gasteiger charge is 2.49. The summed E-state index contributed by atoms with van der Waals surface area (Å²) in [6, 6.07) is 0. The highest BCUT2D eigenvalue weighted by molar-refractivity contribution is 7.98. The van der Waals surface area contributed by atoms with Crippen LogP contribution in [0.25, 0.3) is 10.9 Å². The number of pyridine rings is 1. The number of thioether (sulfide) groups is 1. The molecule has 10 nitrogen and oxygen atoms in total. The molecule has 2 aromatic heterocycles. The Morgan fingerprint density at radius 3 is 2.11 bits per heavy atom. The first-order valence-corrected chi connectivity index (χ1v) is 13.6. The maximum absolute atomic E-state index is 14.2. The molecule has 0 aliphatic carbocycles. The van der Waals surface area contributed by atoms with E-state index >= 15 is 0 Å². The van der Waals surface area contributed by atoms with Crippen LogP contribution in [0.2, 0.25) is 0 Å². The molecule has 0 unspecified atom stereocenters. The highest BCUT2D eigenvalue weighted by Crippen LogP contribution is 2.36. The number of aromatic nitrogens is 3. The lowest BCUT2D eigenvalue weighted by Crippen LogP contribution is -2.39. The summed E-state index contributed by atoms with van der Waals surface area (Å²) < 4.78 is 88.5. The number of carbonyl (C=O) groups excluding carboxylic acids is 1. The third-order valence-corrected chi connectivity index (χ3v) is 6.21. The fraction of sp³-hybridized carbons (Fsp3) is 0.619. The quantitative estimate of drug-likeness (QED) is 0.165. The van der Waals surface area contributed by atoms with Gasteiger partial charge in [-0.1, -0.05) is 11.8 Å². The van der Waals surface area contributed by atoms with E-state index in [4.69, 9.17) is 9.47 Å². The summed E-state index contributed by atoms with van der Waals surface area (Å²) in [7, 11) is -4.91. The predicted octanol–water partition coefficient (Wildman–Crippen LogP) is 4.84. The number of carbonyl (C=O) groups is 1. The molecule has 0 radical (unpaired) electrons. The van der Waals surface area contributed by atoms with Gasteiger partial charge in [-0.05, 0) is 53.2 Å². The van der Waals surface area contributed by atoms with Gasteiger partial charge in [-0.15, -0.1) is 0 Å². The number of fused-ring (bicyclic) bond motifs is 1. The molecule has 208 valence electrons. The topological polar surface area (TPSA) is 121 Å². The van der Waals surface area contributed by atoms with Crippen molar-refractivity contribution in [2.75, 3.05) is 26.5 Å². The van der Waals surface area contributed by atoms with Gasteiger partial charge in [0.1, 0.15) is 16.5 Å². The maximum atomic E-state index is 14.2. The fourth-order valence-corrected chi connectivity index (χ4v) is 3.83. The molecule has 1 saturated heterocycles. The standard InChI is InChI=1S/C11H9F4N3O4S2.C10H19NO2/c1-4-6(12)7-5(8(16-4)21-2)9(18-10(17-7)23-3)22-24(19,20)11(13,14)15;1-10(2,3)13-9(12)11-7-5-4-6-8-11/h1-3H3;4-8H2,1-3H3. The van der Waals surface area contributed by atoms with Crippen LogP contribution in [0.1, 0.15) is 45.7 Å². The molecule has 37 heavy (non-hydrogen) atoms. The summed E-state index contributed by atoms with van der Waals surface area (Å²) in [6.45, 7) is 8.69. The van der Waals surface area contributed by atoms with Gasteiger partial charge in [0.15, 0.2) is 11.0 Å². The van der Waals surface area contributed by atoms with Crippen LogP contribution in [-0.4, -0.2) is 71.9 Å². The summed E-state index contributed by atoms with van der Waals surface area (Å²) in [4.78, 5) is 24.4. The monoisotopic (exact) mass is 572 g/mol. The second kappa shape index (κ2) is 11.8. The average Bonchev–Trinajstić information content (AvgIpc) is 2.80. The number of methoxy groups -OCH3 is 1. The minimum absolute atomic E-state index is 0.144. The van der Waals surface area contributed by atoms with Crippen molar-refractivity contribution in [3.8, 4) is 11.8 Å². The molecule has 0 saturated carbocycles. The molecule has 2 aromatic rings. The SMILES string of the molecule is CC(C)(C)OC(=O)N1CCCCC1.COc1nc(C)c(F)c2nc(SC)nc(OS(=O)(=O)C(F)(F)F)c12. The zero-order valence-corrected chi connectivity index (χ0v) is 22.7. The van der Waals surface area contributed by atoms with Crippen molar-refractivity contribution in [2.45, 2.75) is 63.2 Å². The summed E-state index contributed by atoms with van der Waals surface area (Å²) in [5, 5.41) is -0.715. The molecule has 0 bridgehead atoms. The number of alkyl halides is 3. The summed E-state index contributed by atoms with van der Waals surface area (Å²) in [5.41, 5.74) is -6.66. The number of aryl methyl sites for hydroxylation is 1. The van der Waals surface area contributed by atoms with E-state index in [1.807, 2.05) is 20.8 Å². The fourth-order valence-electron chi connectivity index (χ4n) is 3.05. The van der Waals surface area contributed by atoms with Gasteiger partial charge in [-0.2, -0.15) is 26.6 Å². The largest absolute Gasteiger partial charge is 0.534 e. The normalized spacial score (nSPS) is 14.6. The summed E-state index contributed by atoms with van der Waals surface area (Å²) in [5.74, 6) is -2.35. The minimum Gasteiger partial charge on any atom is -0.480 e. The van der Waals surface area contributed by atoms with E-state index in [0.717, 1.165) is 44.8 Å². The molecule has 3 rings (SSSR count). The van der Waals surface area contributed by atoms with Crippen molar-refractivity contribution in [3.05, 3.63) is 11.5 Å². The third kappa shape index (κ3) is 7.93. The molecule has 1 aliphatic rings. The first-order valence-electron chi connectivity index (χ1n) is 10.9. The lowest BCUT2D eigenvalue weighted by Gasteiger charge is -2.29. The van der Waals surface area contributed by atoms with E-state index in [9.17, 15) is 30.8 Å². The van der Waals surface area contributed by atoms with E-state index in [2.05, 4.69) is 19.1 Å². The lowest BCUT2D eigenvalue weighted by molar-refractivity contribution is -0.0501. The van der Waals surface area contributed by atoms with Crippen molar-refractivity contribution in [1.29, 1.82) is 0 Å². The van der Waals surface area contributed by atoms with Gasteiger partial charge in [0.25, 0.3) is 5.88 Å². The second-order valence-corrected chi connectivity index (χ2v) is 11.1. The number of amides is 1. The first kappa shape index (κ1) is 30.6. The van der Waals surface area contributed by atoms with Gasteiger partial charge in [-0.3, -0.25) is 0 Å². The van der Waals surface area contributed by atoms with Crippen molar-refractivity contribution < 1.29 is 44.4 Å². The zero-order valence-electron chi connectivity index (χ0n) is 21.1. The Morgan fingerprint density at radius 1 is 1.03 bits per heavy atom. The van der Waals surface area contributed by atoms with Crippen molar-refractivity contribution in [1.82, 2.24) is 19.9 Å². The molecular weight excluding hydrogens is 544 g/mol. The number of likely N-dealkylation sites (tertiary alicyclic amines) is 1. The van der Waals surface area contributed by atoms with Crippen LogP contribution in [0.4, 0.5) is 22.4 Å². The molecule has 0 atom stereocenters. The van der Waals surface area contributed by atoms with Gasteiger partial charge in [0, 0.05) is 13.1 Å². The van der Waals surface area contributed by atoms with E-state index in [-0.39, 0.29) is 28.4 Å². The summed E-state index contributed by atoms with van der Waals surface area (Å²) >= 11 is 0.853. The highest BCUT2D eigenvalue weighted by atomic mass is 32.2. The molecule has 1 amide bonds. The first-order chi connectivity index (χ1) is 17.0. The number of nitrogens with zero attached hydrogens (tertiary/aromatic N) is 4. The molecule has 0 aromatic carbocycles. The number of ether oxygens (including phenoxy) is 2. The second-order valence-electron chi connectivity index (χ2n) is 8.77. The Bertz CT molecular complexity index is 1230. The van der Waals surface area contributed by atoms with Gasteiger partial charge >= 0.3 is 21.7 Å². The molecule has 1 fully saturated rings. The van der Waals surface area contributed by atoms with Crippen LogP contribution < -0.4 is 8.92 Å². The molecule has 3 heterocycles. The van der Waals surface area contributed by atoms with Gasteiger partial charge in [-0.25, -0.2) is 19.2 Å². The smallest absolute Gasteiger partial charge is 0.480 e. The van der Waals surface area contributed by atoms with E-state index in [1.165, 1.54) is 19.6 Å². The van der Waals surface area contributed by atoms with Gasteiger partial charge in [0.2, 0.25) is 5.88 Å². The Hall–Kier alpha value is -2.62. The molecule has 0 N–H and O–H groups in total. The Labute approximate surface area is 216 Å². The van der Waals surface area contributed by atoms with Crippen molar-refractivity contribution in [2.24, 2.45) is 0 Å². The van der Waals surface area contributed by atoms with Crippen LogP contribution >= 0.6 is 11.8 Å². The molecule has 1 aliphatic heterocycles. The van der Waals surface area contributed by atoms with E-state index < -0.39 is 38.2 Å². The van der Waals surface area contributed by atoms with Gasteiger partial charge in [0.05, 0.1) is 12.8 Å². The number of hydrogen-bond donors (Lipinski definition) is 0. The minimum atomic E-state index is -6.02. The van der Waals surface area contributed by atoms with Crippen LogP contribution in [-0.2, 0) is 14.9 Å². The number of hydrogen-bond acceptors (Lipinski definition) is 10. The molecule has 16 heteroatoms. The Balaban J connectivity index is 0.000000312. The molecule has 0 spiro atoms. The maximum Gasteiger partial charge on any atom is 0.534 e.